The van der Waals surface area contributed by atoms with Crippen molar-refractivity contribution in [3.8, 4) is 0 Å². The lowest BCUT2D eigenvalue weighted by molar-refractivity contribution is -0.121. The molecule has 0 saturated carbocycles. The van der Waals surface area contributed by atoms with E-state index in [1.54, 1.807) is 6.20 Å². The molecule has 5 nitrogen and oxygen atoms in total. The fraction of sp³-hybridized carbons (Fsp3) is 0.444. The Morgan fingerprint density at radius 1 is 1.67 bits per heavy atom. The van der Waals surface area contributed by atoms with E-state index in [-0.39, 0.29) is 11.8 Å². The smallest absolute Gasteiger partial charge is 0.222 e. The highest BCUT2D eigenvalue weighted by Gasteiger charge is 2.28. The molecular formula is C9H11BrN4O. The predicted molar refractivity (Wildman–Crippen MR) is 59.2 cm³/mol. The second-order valence-corrected chi connectivity index (χ2v) is 4.38. The number of hydrogen-bond acceptors (Lipinski definition) is 4. The zero-order valence-electron chi connectivity index (χ0n) is 8.06. The SMILES string of the molecule is NC(=O)C1CCN(c2ncncc2Br)C1. The molecule has 1 aromatic rings. The number of carbonyl (C=O) groups is 1. The van der Waals surface area contributed by atoms with Crippen LogP contribution in [0.3, 0.4) is 0 Å². The van der Waals surface area contributed by atoms with Crippen LogP contribution in [-0.4, -0.2) is 29.0 Å². The van der Waals surface area contributed by atoms with E-state index in [1.165, 1.54) is 6.33 Å². The Hall–Kier alpha value is -1.17. The maximum absolute atomic E-state index is 11.0. The number of anilines is 1. The summed E-state index contributed by atoms with van der Waals surface area (Å²) < 4.78 is 0.843. The molecule has 80 valence electrons. The molecule has 1 aliphatic heterocycles. The fourth-order valence-corrected chi connectivity index (χ4v) is 2.20. The van der Waals surface area contributed by atoms with E-state index >= 15 is 0 Å². The Kier molecular flexibility index (Phi) is 2.86. The average Bonchev–Trinajstić information content (AvgIpc) is 2.67. The minimum atomic E-state index is -0.234. The third-order valence-electron chi connectivity index (χ3n) is 2.54. The Labute approximate surface area is 95.8 Å². The summed E-state index contributed by atoms with van der Waals surface area (Å²) in [5.41, 5.74) is 5.27. The number of amides is 1. The first kappa shape index (κ1) is 10.4. The first-order valence-corrected chi connectivity index (χ1v) is 5.47. The topological polar surface area (TPSA) is 72.1 Å². The van der Waals surface area contributed by atoms with Crippen molar-refractivity contribution < 1.29 is 4.79 Å². The molecule has 2 N–H and O–H groups in total. The van der Waals surface area contributed by atoms with Crippen molar-refractivity contribution in [1.29, 1.82) is 0 Å². The Morgan fingerprint density at radius 3 is 3.07 bits per heavy atom. The van der Waals surface area contributed by atoms with Crippen LogP contribution in [0.25, 0.3) is 0 Å². The van der Waals surface area contributed by atoms with Gasteiger partial charge in [0.25, 0.3) is 0 Å². The van der Waals surface area contributed by atoms with Gasteiger partial charge in [-0.05, 0) is 22.4 Å². The average molecular weight is 271 g/mol. The van der Waals surface area contributed by atoms with Crippen LogP contribution in [-0.2, 0) is 4.79 Å². The number of nitrogens with zero attached hydrogens (tertiary/aromatic N) is 3. The van der Waals surface area contributed by atoms with E-state index in [4.69, 9.17) is 5.73 Å². The lowest BCUT2D eigenvalue weighted by atomic mass is 10.1. The number of hydrogen-bond donors (Lipinski definition) is 1. The minimum absolute atomic E-state index is 0.0631. The van der Waals surface area contributed by atoms with Gasteiger partial charge in [-0.3, -0.25) is 4.79 Å². The first-order valence-electron chi connectivity index (χ1n) is 4.68. The van der Waals surface area contributed by atoms with Crippen LogP contribution in [0, 0.1) is 5.92 Å². The van der Waals surface area contributed by atoms with E-state index < -0.39 is 0 Å². The van der Waals surface area contributed by atoms with E-state index in [0.717, 1.165) is 23.3 Å². The third kappa shape index (κ3) is 2.09. The lowest BCUT2D eigenvalue weighted by Gasteiger charge is -2.17. The summed E-state index contributed by atoms with van der Waals surface area (Å²) in [6.45, 7) is 1.45. The van der Waals surface area contributed by atoms with E-state index in [9.17, 15) is 4.79 Å². The van der Waals surface area contributed by atoms with Gasteiger partial charge in [-0.1, -0.05) is 0 Å². The van der Waals surface area contributed by atoms with Crippen LogP contribution >= 0.6 is 15.9 Å². The number of aromatic nitrogens is 2. The number of primary amides is 1. The van der Waals surface area contributed by atoms with Crippen molar-refractivity contribution in [2.24, 2.45) is 11.7 Å². The summed E-state index contributed by atoms with van der Waals surface area (Å²) in [6, 6.07) is 0. The monoisotopic (exact) mass is 270 g/mol. The van der Waals surface area contributed by atoms with Crippen molar-refractivity contribution in [2.75, 3.05) is 18.0 Å². The Morgan fingerprint density at radius 2 is 2.47 bits per heavy atom. The number of carbonyl (C=O) groups excluding carboxylic acids is 1. The van der Waals surface area contributed by atoms with E-state index in [0.29, 0.717) is 6.54 Å². The maximum atomic E-state index is 11.0. The lowest BCUT2D eigenvalue weighted by Crippen LogP contribution is -2.27. The second kappa shape index (κ2) is 4.14. The molecule has 1 fully saturated rings. The van der Waals surface area contributed by atoms with Gasteiger partial charge >= 0.3 is 0 Å². The van der Waals surface area contributed by atoms with Gasteiger partial charge < -0.3 is 10.6 Å². The van der Waals surface area contributed by atoms with Gasteiger partial charge in [0.1, 0.15) is 12.1 Å². The largest absolute Gasteiger partial charge is 0.369 e. The second-order valence-electron chi connectivity index (χ2n) is 3.53. The molecular weight excluding hydrogens is 260 g/mol. The van der Waals surface area contributed by atoms with Gasteiger partial charge in [0.15, 0.2) is 0 Å². The van der Waals surface area contributed by atoms with Gasteiger partial charge in [0, 0.05) is 19.3 Å². The molecule has 1 amide bonds. The highest BCUT2D eigenvalue weighted by Crippen LogP contribution is 2.27. The van der Waals surface area contributed by atoms with E-state index in [2.05, 4.69) is 25.9 Å². The highest BCUT2D eigenvalue weighted by molar-refractivity contribution is 9.10. The summed E-state index contributed by atoms with van der Waals surface area (Å²) in [5.74, 6) is 0.531. The normalized spacial score (nSPS) is 20.6. The van der Waals surface area contributed by atoms with Crippen LogP contribution < -0.4 is 10.6 Å². The van der Waals surface area contributed by atoms with Crippen LogP contribution in [0.15, 0.2) is 17.0 Å². The summed E-state index contributed by atoms with van der Waals surface area (Å²) in [6.07, 6.45) is 3.99. The third-order valence-corrected chi connectivity index (χ3v) is 3.10. The molecule has 15 heavy (non-hydrogen) atoms. The molecule has 1 saturated heterocycles. The van der Waals surface area contributed by atoms with Gasteiger partial charge in [-0.15, -0.1) is 0 Å². The van der Waals surface area contributed by atoms with Crippen molar-refractivity contribution in [1.82, 2.24) is 9.97 Å². The van der Waals surface area contributed by atoms with E-state index in [1.807, 2.05) is 4.90 Å². The quantitative estimate of drug-likeness (QED) is 0.852. The molecule has 0 spiro atoms. The fourth-order valence-electron chi connectivity index (χ4n) is 1.72. The number of halogens is 1. The molecule has 6 heteroatoms. The molecule has 0 radical (unpaired) electrons. The van der Waals surface area contributed by atoms with Gasteiger partial charge in [0.2, 0.25) is 5.91 Å². The Bertz CT molecular complexity index is 384. The van der Waals surface area contributed by atoms with Crippen LogP contribution in [0.2, 0.25) is 0 Å². The first-order chi connectivity index (χ1) is 7.18. The van der Waals surface area contributed by atoms with Crippen molar-refractivity contribution in [2.45, 2.75) is 6.42 Å². The van der Waals surface area contributed by atoms with Crippen LogP contribution in [0.5, 0.6) is 0 Å². The van der Waals surface area contributed by atoms with Gasteiger partial charge in [0.05, 0.1) is 10.4 Å². The zero-order valence-corrected chi connectivity index (χ0v) is 9.64. The zero-order chi connectivity index (χ0) is 10.8. The van der Waals surface area contributed by atoms with Crippen LogP contribution in [0.4, 0.5) is 5.82 Å². The molecule has 1 aromatic heterocycles. The molecule has 0 aromatic carbocycles. The van der Waals surface area contributed by atoms with Crippen molar-refractivity contribution in [3.63, 3.8) is 0 Å². The van der Waals surface area contributed by atoms with Crippen LogP contribution in [0.1, 0.15) is 6.42 Å². The molecule has 1 unspecified atom stereocenters. The number of rotatable bonds is 2. The summed E-state index contributed by atoms with van der Waals surface area (Å²) in [7, 11) is 0. The summed E-state index contributed by atoms with van der Waals surface area (Å²) >= 11 is 3.38. The Balaban J connectivity index is 2.14. The van der Waals surface area contributed by atoms with Crippen molar-refractivity contribution >= 4 is 27.7 Å². The molecule has 2 heterocycles. The molecule has 0 bridgehead atoms. The standard InChI is InChI=1S/C9H11BrN4O/c10-7-3-12-5-13-9(7)14-2-1-6(4-14)8(11)15/h3,5-6H,1-2,4H2,(H2,11,15). The molecule has 1 atom stereocenters. The van der Waals surface area contributed by atoms with Gasteiger partial charge in [-0.2, -0.15) is 0 Å². The predicted octanol–water partition coefficient (Wildman–Crippen LogP) is 0.551. The molecule has 0 aliphatic carbocycles. The maximum Gasteiger partial charge on any atom is 0.222 e. The minimum Gasteiger partial charge on any atom is -0.369 e. The summed E-state index contributed by atoms with van der Waals surface area (Å²) in [5, 5.41) is 0. The molecule has 1 aliphatic rings. The highest BCUT2D eigenvalue weighted by atomic mass is 79.9. The van der Waals surface area contributed by atoms with Gasteiger partial charge in [-0.25, -0.2) is 9.97 Å². The number of nitrogens with two attached hydrogens (primary N) is 1. The summed E-state index contributed by atoms with van der Waals surface area (Å²) in [4.78, 5) is 21.1. The molecule has 2 rings (SSSR count). The van der Waals surface area contributed by atoms with Crippen molar-refractivity contribution in [3.05, 3.63) is 17.0 Å².